The van der Waals surface area contributed by atoms with Crippen LogP contribution in [0.1, 0.15) is 0 Å². The maximum atomic E-state index is 6.42. The van der Waals surface area contributed by atoms with Crippen LogP contribution >= 0.6 is 11.3 Å². The minimum atomic E-state index is 0.857. The first-order valence-electron chi connectivity index (χ1n) is 24.1. The van der Waals surface area contributed by atoms with Crippen LogP contribution in [0.25, 0.3) is 91.9 Å². The predicted octanol–water partition coefficient (Wildman–Crippen LogP) is 19.3. The summed E-state index contributed by atoms with van der Waals surface area (Å²) in [5, 5.41) is 7.09. The van der Waals surface area contributed by atoms with E-state index in [2.05, 4.69) is 263 Å². The molecule has 4 nitrogen and oxygen atoms in total. The van der Waals surface area contributed by atoms with E-state index in [1.54, 1.807) is 0 Å². The summed E-state index contributed by atoms with van der Waals surface area (Å²) in [6, 6.07) is 94.5. The van der Waals surface area contributed by atoms with E-state index in [9.17, 15) is 0 Å². The van der Waals surface area contributed by atoms with E-state index in [1.165, 1.54) is 47.6 Å². The highest BCUT2D eigenvalue weighted by Gasteiger charge is 2.23. The van der Waals surface area contributed by atoms with Crippen molar-refractivity contribution in [2.75, 3.05) is 9.80 Å². The lowest BCUT2D eigenvalue weighted by Gasteiger charge is -2.31. The minimum absolute atomic E-state index is 0.857. The molecule has 0 N–H and O–H groups in total. The van der Waals surface area contributed by atoms with Gasteiger partial charge in [0.15, 0.2) is 0 Å². The molecule has 3 heterocycles. The zero-order valence-corrected chi connectivity index (χ0v) is 39.3. The van der Waals surface area contributed by atoms with Crippen molar-refractivity contribution >= 4 is 109 Å². The van der Waals surface area contributed by atoms with Gasteiger partial charge in [0.05, 0.1) is 28.1 Å². The molecule has 334 valence electrons. The Morgan fingerprint density at radius 2 is 0.718 bits per heavy atom. The first-order chi connectivity index (χ1) is 35.2. The van der Waals surface area contributed by atoms with Gasteiger partial charge in [-0.15, -0.1) is 11.3 Å². The molecule has 71 heavy (non-hydrogen) atoms. The number of para-hydroxylation sites is 3. The van der Waals surface area contributed by atoms with Gasteiger partial charge in [-0.1, -0.05) is 158 Å². The Morgan fingerprint density at radius 1 is 0.282 bits per heavy atom. The van der Waals surface area contributed by atoms with Gasteiger partial charge < -0.3 is 18.8 Å². The fourth-order valence-electron chi connectivity index (χ4n) is 10.6. The van der Waals surface area contributed by atoms with Crippen molar-refractivity contribution < 1.29 is 4.42 Å². The molecule has 0 saturated heterocycles. The minimum Gasteiger partial charge on any atom is -0.456 e. The van der Waals surface area contributed by atoms with Crippen molar-refractivity contribution in [3.63, 3.8) is 0 Å². The van der Waals surface area contributed by atoms with Crippen LogP contribution in [0.15, 0.2) is 265 Å². The molecule has 11 aromatic carbocycles. The van der Waals surface area contributed by atoms with Crippen LogP contribution in [0.3, 0.4) is 0 Å². The number of aromatic nitrogens is 1. The van der Waals surface area contributed by atoms with Crippen molar-refractivity contribution in [3.8, 4) is 27.9 Å². The summed E-state index contributed by atoms with van der Waals surface area (Å²) in [6.07, 6.45) is 0. The molecule has 14 aromatic rings. The highest BCUT2D eigenvalue weighted by Crippen LogP contribution is 2.47. The van der Waals surface area contributed by atoms with Crippen molar-refractivity contribution in [2.45, 2.75) is 0 Å². The molecule has 0 bridgehead atoms. The molecule has 14 rings (SSSR count). The predicted molar refractivity (Wildman–Crippen MR) is 301 cm³/mol. The average Bonchev–Trinajstić information content (AvgIpc) is 4.12. The van der Waals surface area contributed by atoms with E-state index in [4.69, 9.17) is 4.42 Å². The summed E-state index contributed by atoms with van der Waals surface area (Å²) in [6.45, 7) is 0. The Bertz CT molecular complexity index is 4010. The Hall–Kier alpha value is -9.16. The number of nitrogens with zero attached hydrogens (tertiary/aromatic N) is 3. The van der Waals surface area contributed by atoms with Gasteiger partial charge in [0.25, 0.3) is 0 Å². The summed E-state index contributed by atoms with van der Waals surface area (Å²) in [5.74, 6) is 0. The molecular formula is C66H43N3OS. The molecule has 0 radical (unpaired) electrons. The smallest absolute Gasteiger partial charge is 0.135 e. The van der Waals surface area contributed by atoms with Crippen molar-refractivity contribution in [1.82, 2.24) is 4.57 Å². The highest BCUT2D eigenvalue weighted by molar-refractivity contribution is 7.25. The summed E-state index contributed by atoms with van der Waals surface area (Å²) in [4.78, 5) is 4.84. The number of thiophene rings is 1. The van der Waals surface area contributed by atoms with Gasteiger partial charge in [-0.2, -0.15) is 0 Å². The summed E-state index contributed by atoms with van der Waals surface area (Å²) >= 11 is 1.84. The molecule has 0 aliphatic carbocycles. The van der Waals surface area contributed by atoms with Crippen molar-refractivity contribution in [2.24, 2.45) is 0 Å². The molecule has 0 spiro atoms. The third-order valence-electron chi connectivity index (χ3n) is 13.9. The topological polar surface area (TPSA) is 24.6 Å². The van der Waals surface area contributed by atoms with E-state index in [0.29, 0.717) is 0 Å². The van der Waals surface area contributed by atoms with E-state index in [-0.39, 0.29) is 0 Å². The highest BCUT2D eigenvalue weighted by atomic mass is 32.1. The molecule has 5 heteroatoms. The van der Waals surface area contributed by atoms with E-state index < -0.39 is 0 Å². The van der Waals surface area contributed by atoms with Gasteiger partial charge in [-0.05, 0) is 125 Å². The number of benzene rings is 11. The lowest BCUT2D eigenvalue weighted by molar-refractivity contribution is 0.669. The SMILES string of the molecule is c1ccc(-c2ccc(N(c3cc(N(c4ccc(-c5ccccc5)cc4)c4ccc5sc6ccccc6c5c4)cc(-n4c5ccccc5c5ccccc54)c3)c3ccc4oc5ccccc5c4c3)cc2)cc1. The molecule has 0 aliphatic heterocycles. The number of furan rings is 1. The van der Waals surface area contributed by atoms with Crippen molar-refractivity contribution in [1.29, 1.82) is 0 Å². The van der Waals surface area contributed by atoms with Gasteiger partial charge >= 0.3 is 0 Å². The quantitative estimate of drug-likeness (QED) is 0.144. The zero-order valence-electron chi connectivity index (χ0n) is 38.5. The standard InChI is InChI=1S/C66H43N3OS/c1-3-15-44(16-4-1)46-27-31-48(32-28-46)67(50-35-37-64-59(42-50)57-21-9-13-25-63(57)70-64)52-39-53(41-54(40-52)69-61-23-11-7-19-55(61)56-20-8-12-24-62(56)69)68(49-33-29-47(30-34-49)45-17-5-2-6-18-45)51-36-38-66-60(43-51)58-22-10-14-26-65(58)71-66/h1-43H. The largest absolute Gasteiger partial charge is 0.456 e. The fourth-order valence-corrected chi connectivity index (χ4v) is 11.7. The fraction of sp³-hybridized carbons (Fsp3) is 0. The molecule has 0 fully saturated rings. The van der Waals surface area contributed by atoms with Crippen LogP contribution in [-0.4, -0.2) is 4.57 Å². The Balaban J connectivity index is 1.05. The maximum Gasteiger partial charge on any atom is 0.135 e. The van der Waals surface area contributed by atoms with Crippen LogP contribution in [0, 0.1) is 0 Å². The number of rotatable bonds is 9. The van der Waals surface area contributed by atoms with Gasteiger partial charge in [-0.25, -0.2) is 0 Å². The normalized spacial score (nSPS) is 11.7. The second-order valence-corrected chi connectivity index (χ2v) is 19.2. The van der Waals surface area contributed by atoms with E-state index >= 15 is 0 Å². The number of anilines is 6. The van der Waals surface area contributed by atoms with Gasteiger partial charge in [0.2, 0.25) is 0 Å². The second kappa shape index (κ2) is 16.8. The van der Waals surface area contributed by atoms with Crippen LogP contribution in [-0.2, 0) is 0 Å². The molecule has 0 atom stereocenters. The van der Waals surface area contributed by atoms with E-state index in [0.717, 1.165) is 78.3 Å². The Labute approximate surface area is 414 Å². The van der Waals surface area contributed by atoms with Gasteiger partial charge in [0.1, 0.15) is 11.2 Å². The molecule has 0 amide bonds. The molecule has 0 saturated carbocycles. The Morgan fingerprint density at radius 3 is 1.32 bits per heavy atom. The third-order valence-corrected chi connectivity index (χ3v) is 15.1. The van der Waals surface area contributed by atoms with Crippen LogP contribution in [0.2, 0.25) is 0 Å². The van der Waals surface area contributed by atoms with E-state index in [1.807, 2.05) is 23.5 Å². The van der Waals surface area contributed by atoms with Crippen LogP contribution in [0.5, 0.6) is 0 Å². The molecule has 0 aliphatic rings. The number of hydrogen-bond acceptors (Lipinski definition) is 4. The molecular weight excluding hydrogens is 883 g/mol. The van der Waals surface area contributed by atoms with Crippen molar-refractivity contribution in [3.05, 3.63) is 261 Å². The summed E-state index contributed by atoms with van der Waals surface area (Å²) in [7, 11) is 0. The summed E-state index contributed by atoms with van der Waals surface area (Å²) in [5.41, 5.74) is 16.0. The first-order valence-corrected chi connectivity index (χ1v) is 24.9. The lowest BCUT2D eigenvalue weighted by Crippen LogP contribution is -2.14. The Kier molecular flexibility index (Phi) is 9.68. The first kappa shape index (κ1) is 40.9. The van der Waals surface area contributed by atoms with Gasteiger partial charge in [-0.3, -0.25) is 0 Å². The zero-order chi connectivity index (χ0) is 46.8. The molecule has 3 aromatic heterocycles. The third kappa shape index (κ3) is 7.05. The number of hydrogen-bond donors (Lipinski definition) is 0. The lowest BCUT2D eigenvalue weighted by atomic mass is 10.0. The molecule has 0 unspecified atom stereocenters. The van der Waals surface area contributed by atoms with Crippen LogP contribution < -0.4 is 9.80 Å². The van der Waals surface area contributed by atoms with Gasteiger partial charge in [0, 0.05) is 64.5 Å². The number of fused-ring (bicyclic) bond motifs is 9. The maximum absolute atomic E-state index is 6.42. The monoisotopic (exact) mass is 925 g/mol. The average molecular weight is 926 g/mol. The second-order valence-electron chi connectivity index (χ2n) is 18.1. The summed E-state index contributed by atoms with van der Waals surface area (Å²) < 4.78 is 11.4. The van der Waals surface area contributed by atoms with Crippen LogP contribution in [0.4, 0.5) is 34.1 Å².